The molecule has 1 aliphatic heterocycles. The molecule has 0 bridgehead atoms. The largest absolute Gasteiger partial charge is 0.385 e. The van der Waals surface area contributed by atoms with E-state index in [0.29, 0.717) is 45.4 Å². The zero-order chi connectivity index (χ0) is 16.1. The highest BCUT2D eigenvalue weighted by Gasteiger charge is 2.39. The molecule has 9 heteroatoms. The standard InChI is InChI=1S/C12H26N2O5S2/c1-4-11-21(17,18)14-8-5-12(6-9-14,7-10-19-2)13-20(3,15)16/h13H,4-11H2,1-3H3. The lowest BCUT2D eigenvalue weighted by Gasteiger charge is -2.41. The van der Waals surface area contributed by atoms with Crippen molar-refractivity contribution in [2.75, 3.05) is 38.8 Å². The molecule has 126 valence electrons. The van der Waals surface area contributed by atoms with Crippen LogP contribution in [0.25, 0.3) is 0 Å². The van der Waals surface area contributed by atoms with Crippen LogP contribution in [-0.2, 0) is 24.8 Å². The number of hydrogen-bond acceptors (Lipinski definition) is 5. The highest BCUT2D eigenvalue weighted by molar-refractivity contribution is 7.89. The summed E-state index contributed by atoms with van der Waals surface area (Å²) in [5, 5.41) is 0. The van der Waals surface area contributed by atoms with E-state index in [1.165, 1.54) is 4.31 Å². The van der Waals surface area contributed by atoms with Crippen LogP contribution in [0.3, 0.4) is 0 Å². The van der Waals surface area contributed by atoms with Gasteiger partial charge in [-0.15, -0.1) is 0 Å². The first kappa shape index (κ1) is 18.8. The van der Waals surface area contributed by atoms with Crippen LogP contribution in [-0.4, -0.2) is 65.5 Å². The summed E-state index contributed by atoms with van der Waals surface area (Å²) in [5.74, 6) is 0.136. The molecule has 1 rings (SSSR count). The molecule has 1 aliphatic rings. The van der Waals surface area contributed by atoms with Crippen molar-refractivity contribution in [1.29, 1.82) is 0 Å². The van der Waals surface area contributed by atoms with Crippen molar-refractivity contribution in [1.82, 2.24) is 9.03 Å². The lowest BCUT2D eigenvalue weighted by molar-refractivity contribution is 0.132. The van der Waals surface area contributed by atoms with Gasteiger partial charge in [0.1, 0.15) is 0 Å². The van der Waals surface area contributed by atoms with E-state index in [0.717, 1.165) is 6.26 Å². The summed E-state index contributed by atoms with van der Waals surface area (Å²) >= 11 is 0. The maximum Gasteiger partial charge on any atom is 0.214 e. The number of sulfonamides is 2. The van der Waals surface area contributed by atoms with Crippen LogP contribution in [0.5, 0.6) is 0 Å². The van der Waals surface area contributed by atoms with E-state index in [2.05, 4.69) is 4.72 Å². The molecule has 0 aliphatic carbocycles. The zero-order valence-corrected chi connectivity index (χ0v) is 14.6. The van der Waals surface area contributed by atoms with Crippen LogP contribution >= 0.6 is 0 Å². The summed E-state index contributed by atoms with van der Waals surface area (Å²) in [7, 11) is -5.01. The molecule has 0 unspecified atom stereocenters. The smallest absolute Gasteiger partial charge is 0.214 e. The summed E-state index contributed by atoms with van der Waals surface area (Å²) in [6, 6.07) is 0. The Hall–Kier alpha value is -0.220. The first-order valence-electron chi connectivity index (χ1n) is 7.10. The number of nitrogens with zero attached hydrogens (tertiary/aromatic N) is 1. The molecule has 0 radical (unpaired) electrons. The Kier molecular flexibility index (Phi) is 6.60. The second-order valence-electron chi connectivity index (χ2n) is 5.61. The zero-order valence-electron chi connectivity index (χ0n) is 13.0. The average molecular weight is 342 g/mol. The number of rotatable bonds is 8. The minimum Gasteiger partial charge on any atom is -0.385 e. The normalized spacial score (nSPS) is 20.5. The predicted molar refractivity (Wildman–Crippen MR) is 82.1 cm³/mol. The van der Waals surface area contributed by atoms with Gasteiger partial charge in [-0.2, -0.15) is 0 Å². The van der Waals surface area contributed by atoms with Crippen LogP contribution in [0.2, 0.25) is 0 Å². The van der Waals surface area contributed by atoms with E-state index >= 15 is 0 Å². The fourth-order valence-corrected chi connectivity index (χ4v) is 5.28. The highest BCUT2D eigenvalue weighted by atomic mass is 32.2. The summed E-state index contributed by atoms with van der Waals surface area (Å²) in [4.78, 5) is 0. The minimum atomic E-state index is -3.35. The molecule has 0 aromatic heterocycles. The van der Waals surface area contributed by atoms with Crippen molar-refractivity contribution in [3.8, 4) is 0 Å². The van der Waals surface area contributed by atoms with Gasteiger partial charge in [-0.3, -0.25) is 0 Å². The molecule has 0 saturated carbocycles. The number of piperidine rings is 1. The first-order valence-corrected chi connectivity index (χ1v) is 10.6. The Morgan fingerprint density at radius 3 is 2.19 bits per heavy atom. The van der Waals surface area contributed by atoms with Gasteiger partial charge in [0.15, 0.2) is 0 Å². The highest BCUT2D eigenvalue weighted by Crippen LogP contribution is 2.28. The molecule has 1 saturated heterocycles. The fraction of sp³-hybridized carbons (Fsp3) is 1.00. The van der Waals surface area contributed by atoms with Crippen molar-refractivity contribution in [3.63, 3.8) is 0 Å². The summed E-state index contributed by atoms with van der Waals surface area (Å²) in [6.07, 6.45) is 3.17. The average Bonchev–Trinajstić information content (AvgIpc) is 2.35. The van der Waals surface area contributed by atoms with Crippen molar-refractivity contribution in [2.24, 2.45) is 0 Å². The second kappa shape index (κ2) is 7.36. The van der Waals surface area contributed by atoms with Crippen LogP contribution < -0.4 is 4.72 Å². The molecule has 1 fully saturated rings. The van der Waals surface area contributed by atoms with E-state index in [1.54, 1.807) is 7.11 Å². The van der Waals surface area contributed by atoms with E-state index in [9.17, 15) is 16.8 Å². The van der Waals surface area contributed by atoms with Crippen molar-refractivity contribution in [3.05, 3.63) is 0 Å². The van der Waals surface area contributed by atoms with Crippen molar-refractivity contribution in [2.45, 2.75) is 38.1 Å². The fourth-order valence-electron chi connectivity index (χ4n) is 2.67. The predicted octanol–water partition coefficient (Wildman–Crippen LogP) is 0.147. The van der Waals surface area contributed by atoms with Crippen LogP contribution in [0.15, 0.2) is 0 Å². The van der Waals surface area contributed by atoms with Crippen LogP contribution in [0, 0.1) is 0 Å². The maximum absolute atomic E-state index is 12.1. The molecule has 0 atom stereocenters. The van der Waals surface area contributed by atoms with Gasteiger partial charge in [-0.05, 0) is 25.7 Å². The van der Waals surface area contributed by atoms with Gasteiger partial charge in [0.05, 0.1) is 12.0 Å². The Morgan fingerprint density at radius 2 is 1.76 bits per heavy atom. The SMILES string of the molecule is CCCS(=O)(=O)N1CCC(CCOC)(NS(C)(=O)=O)CC1. The third-order valence-corrected chi connectivity index (χ3v) is 6.60. The molecule has 7 nitrogen and oxygen atoms in total. The minimum absolute atomic E-state index is 0.136. The van der Waals surface area contributed by atoms with Crippen molar-refractivity contribution < 1.29 is 21.6 Å². The Bertz CT molecular complexity index is 522. The monoisotopic (exact) mass is 342 g/mol. The maximum atomic E-state index is 12.1. The molecule has 0 spiro atoms. The van der Waals surface area contributed by atoms with Gasteiger partial charge in [0.25, 0.3) is 0 Å². The molecule has 1 heterocycles. The summed E-state index contributed by atoms with van der Waals surface area (Å²) in [6.45, 7) is 2.95. The van der Waals surface area contributed by atoms with Crippen molar-refractivity contribution >= 4 is 20.0 Å². The number of hydrogen-bond donors (Lipinski definition) is 1. The molecule has 21 heavy (non-hydrogen) atoms. The van der Waals surface area contributed by atoms with Gasteiger partial charge in [-0.1, -0.05) is 6.92 Å². The molecule has 0 aromatic carbocycles. The van der Waals surface area contributed by atoms with E-state index in [-0.39, 0.29) is 5.75 Å². The van der Waals surface area contributed by atoms with Gasteiger partial charge >= 0.3 is 0 Å². The molecular weight excluding hydrogens is 316 g/mol. The van der Waals surface area contributed by atoms with Gasteiger partial charge < -0.3 is 4.74 Å². The topological polar surface area (TPSA) is 92.8 Å². The third kappa shape index (κ3) is 5.82. The van der Waals surface area contributed by atoms with E-state index < -0.39 is 25.6 Å². The molecule has 0 aromatic rings. The lowest BCUT2D eigenvalue weighted by atomic mass is 9.86. The Balaban J connectivity index is 2.79. The Labute approximate surface area is 128 Å². The van der Waals surface area contributed by atoms with E-state index in [4.69, 9.17) is 4.74 Å². The number of ether oxygens (including phenoxy) is 1. The van der Waals surface area contributed by atoms with Crippen LogP contribution in [0.1, 0.15) is 32.6 Å². The quantitative estimate of drug-likeness (QED) is 0.678. The molecule has 0 amide bonds. The lowest BCUT2D eigenvalue weighted by Crippen LogP contribution is -2.56. The molecular formula is C12H26N2O5S2. The van der Waals surface area contributed by atoms with Gasteiger partial charge in [-0.25, -0.2) is 25.9 Å². The number of nitrogens with one attached hydrogen (secondary N) is 1. The third-order valence-electron chi connectivity index (χ3n) is 3.72. The summed E-state index contributed by atoms with van der Waals surface area (Å²) < 4.78 is 56.4. The Morgan fingerprint density at radius 1 is 1.19 bits per heavy atom. The summed E-state index contributed by atoms with van der Waals surface area (Å²) in [5.41, 5.74) is -0.609. The van der Waals surface area contributed by atoms with Gasteiger partial charge in [0.2, 0.25) is 20.0 Å². The first-order chi connectivity index (χ1) is 9.64. The van der Waals surface area contributed by atoms with E-state index in [1.807, 2.05) is 6.92 Å². The second-order valence-corrected chi connectivity index (χ2v) is 9.45. The molecule has 1 N–H and O–H groups in total. The number of methoxy groups -OCH3 is 1. The van der Waals surface area contributed by atoms with Gasteiger partial charge in [0, 0.05) is 32.3 Å². The van der Waals surface area contributed by atoms with Crippen LogP contribution in [0.4, 0.5) is 0 Å².